The predicted molar refractivity (Wildman–Crippen MR) is 168 cm³/mol. The van der Waals surface area contributed by atoms with Crippen molar-refractivity contribution in [3.63, 3.8) is 0 Å². The largest absolute Gasteiger partial charge is 0.477 e. The number of quaternary nitrogens is 1. The summed E-state index contributed by atoms with van der Waals surface area (Å²) in [5.74, 6) is -3.25. The van der Waals surface area contributed by atoms with Crippen LogP contribution >= 0.6 is 0 Å². The molecule has 0 amide bonds. The van der Waals surface area contributed by atoms with E-state index >= 15 is 0 Å². The van der Waals surface area contributed by atoms with Crippen LogP contribution in [0.5, 0.6) is 0 Å². The van der Waals surface area contributed by atoms with Gasteiger partial charge in [0.15, 0.2) is 18.1 Å². The summed E-state index contributed by atoms with van der Waals surface area (Å²) in [6.07, 6.45) is 24.6. The Hall–Kier alpha value is -1.89. The number of hydrogen-bond acceptors (Lipinski definition) is 3. The van der Waals surface area contributed by atoms with Crippen LogP contribution in [0.2, 0.25) is 0 Å². The maximum Gasteiger partial charge on any atom is 0.362 e. The number of carbonyl (C=O) groups is 3. The third-order valence-electron chi connectivity index (χ3n) is 8.59. The van der Waals surface area contributed by atoms with E-state index in [4.69, 9.17) is 0 Å². The van der Waals surface area contributed by atoms with Gasteiger partial charge in [0, 0.05) is 19.3 Å². The molecule has 41 heavy (non-hydrogen) atoms. The lowest BCUT2D eigenvalue weighted by Crippen LogP contribution is -2.72. The second-order valence-corrected chi connectivity index (χ2v) is 11.9. The maximum atomic E-state index is 12.6. The number of allylic oxidation sites excluding steroid dienone is 2. The van der Waals surface area contributed by atoms with Crippen molar-refractivity contribution in [3.05, 3.63) is 12.2 Å². The Kier molecular flexibility index (Phi) is 23.5. The molecule has 0 aromatic carbocycles. The van der Waals surface area contributed by atoms with Crippen molar-refractivity contribution in [1.82, 2.24) is 0 Å². The number of unbranched alkanes of at least 4 members (excludes halogenated alkanes) is 13. The molecule has 0 aliphatic rings. The van der Waals surface area contributed by atoms with Gasteiger partial charge in [-0.15, -0.1) is 0 Å². The average Bonchev–Trinajstić information content (AvgIpc) is 2.93. The van der Waals surface area contributed by atoms with Gasteiger partial charge in [0.2, 0.25) is 0 Å². The minimum atomic E-state index is -1.08. The molecule has 0 radical (unpaired) electrons. The molecule has 0 aliphatic carbocycles. The molecule has 7 nitrogen and oxygen atoms in total. The summed E-state index contributed by atoms with van der Waals surface area (Å²) in [6, 6.07) is -3.14. The molecule has 0 heterocycles. The van der Waals surface area contributed by atoms with Crippen LogP contribution in [0.3, 0.4) is 0 Å². The fourth-order valence-electron chi connectivity index (χ4n) is 6.46. The van der Waals surface area contributed by atoms with Crippen LogP contribution < -0.4 is 0 Å². The summed E-state index contributed by atoms with van der Waals surface area (Å²) >= 11 is 0. The molecule has 0 aromatic heterocycles. The van der Waals surface area contributed by atoms with Crippen LogP contribution in [0.4, 0.5) is 0 Å². The highest BCUT2D eigenvalue weighted by molar-refractivity contribution is 5.78. The van der Waals surface area contributed by atoms with Gasteiger partial charge in [-0.3, -0.25) is 4.48 Å². The van der Waals surface area contributed by atoms with E-state index in [0.717, 1.165) is 19.3 Å². The number of hydrogen-bond donors (Lipinski definition) is 3. The number of carboxylic acids is 3. The van der Waals surface area contributed by atoms with Crippen LogP contribution in [0.15, 0.2) is 12.2 Å². The molecule has 0 bridgehead atoms. The predicted octanol–water partition coefficient (Wildman–Crippen LogP) is 8.99. The lowest BCUT2D eigenvalue weighted by atomic mass is 9.91. The molecule has 3 atom stereocenters. The van der Waals surface area contributed by atoms with Gasteiger partial charge in [-0.25, -0.2) is 14.4 Å². The van der Waals surface area contributed by atoms with Crippen LogP contribution in [-0.2, 0) is 14.4 Å². The third kappa shape index (κ3) is 15.2. The molecule has 3 unspecified atom stereocenters. The molecule has 3 N–H and O–H groups in total. The van der Waals surface area contributed by atoms with Crippen molar-refractivity contribution >= 4 is 17.9 Å². The first kappa shape index (κ1) is 39.1. The molecule has 240 valence electrons. The molecular formula is C34H64NO6+. The van der Waals surface area contributed by atoms with E-state index in [1.165, 1.54) is 70.6 Å². The van der Waals surface area contributed by atoms with E-state index in [1.54, 1.807) is 0 Å². The number of rotatable bonds is 29. The quantitative estimate of drug-likeness (QED) is 0.0461. The topological polar surface area (TPSA) is 112 Å². The molecule has 0 fully saturated rings. The molecule has 0 spiro atoms. The van der Waals surface area contributed by atoms with E-state index in [9.17, 15) is 29.7 Å². The molecule has 0 saturated carbocycles. The Morgan fingerprint density at radius 1 is 0.488 bits per heavy atom. The van der Waals surface area contributed by atoms with Gasteiger partial charge in [0.25, 0.3) is 0 Å². The Balaban J connectivity index is 5.01. The van der Waals surface area contributed by atoms with E-state index in [-0.39, 0.29) is 30.3 Å². The minimum absolute atomic E-state index is 0.269. The second-order valence-electron chi connectivity index (χ2n) is 11.9. The zero-order chi connectivity index (χ0) is 30.9. The molecular weight excluding hydrogens is 518 g/mol. The van der Waals surface area contributed by atoms with Crippen molar-refractivity contribution in [3.8, 4) is 0 Å². The molecule has 7 heteroatoms. The Labute approximate surface area is 251 Å². The van der Waals surface area contributed by atoms with Crippen LogP contribution in [-0.4, -0.2) is 62.4 Å². The maximum absolute atomic E-state index is 12.6. The summed E-state index contributed by atoms with van der Waals surface area (Å²) in [4.78, 5) is 37.7. The molecule has 0 saturated heterocycles. The van der Waals surface area contributed by atoms with Crippen LogP contribution in [0.25, 0.3) is 0 Å². The van der Waals surface area contributed by atoms with Crippen molar-refractivity contribution in [2.75, 3.05) is 6.54 Å². The zero-order valence-electron chi connectivity index (χ0n) is 27.0. The summed E-state index contributed by atoms with van der Waals surface area (Å²) in [5.41, 5.74) is 0. The van der Waals surface area contributed by atoms with Crippen molar-refractivity contribution in [2.45, 2.75) is 181 Å². The summed E-state index contributed by atoms with van der Waals surface area (Å²) in [7, 11) is 0. The Bertz CT molecular complexity index is 662. The van der Waals surface area contributed by atoms with E-state index in [1.807, 2.05) is 20.8 Å². The second kappa shape index (κ2) is 24.7. The zero-order valence-corrected chi connectivity index (χ0v) is 27.0. The smallest absolute Gasteiger partial charge is 0.362 e. The van der Waals surface area contributed by atoms with Gasteiger partial charge in [-0.1, -0.05) is 97.6 Å². The molecule has 0 aromatic rings. The van der Waals surface area contributed by atoms with Gasteiger partial charge >= 0.3 is 17.9 Å². The lowest BCUT2D eigenvalue weighted by Gasteiger charge is -2.50. The summed E-state index contributed by atoms with van der Waals surface area (Å²) in [6.45, 7) is 8.15. The normalized spacial score (nSPS) is 15.4. The van der Waals surface area contributed by atoms with Crippen LogP contribution in [0, 0.1) is 0 Å². The van der Waals surface area contributed by atoms with E-state index in [0.29, 0.717) is 25.7 Å². The van der Waals surface area contributed by atoms with Crippen molar-refractivity contribution in [1.29, 1.82) is 0 Å². The Morgan fingerprint density at radius 2 is 0.805 bits per heavy atom. The highest BCUT2D eigenvalue weighted by Crippen LogP contribution is 2.34. The van der Waals surface area contributed by atoms with Crippen LogP contribution in [0.1, 0.15) is 163 Å². The first-order valence-corrected chi connectivity index (χ1v) is 16.9. The highest BCUT2D eigenvalue weighted by Gasteiger charge is 2.56. The Morgan fingerprint density at radius 3 is 1.12 bits per heavy atom. The number of carboxylic acid groups (broad SMARTS) is 3. The van der Waals surface area contributed by atoms with Gasteiger partial charge in [0.1, 0.15) is 0 Å². The van der Waals surface area contributed by atoms with Gasteiger partial charge in [-0.2, -0.15) is 0 Å². The fourth-order valence-corrected chi connectivity index (χ4v) is 6.46. The van der Waals surface area contributed by atoms with E-state index < -0.39 is 36.0 Å². The first-order chi connectivity index (χ1) is 19.7. The fraction of sp³-hybridized carbons (Fsp3) is 0.853. The molecule has 0 aliphatic heterocycles. The van der Waals surface area contributed by atoms with Crippen molar-refractivity contribution < 1.29 is 34.2 Å². The monoisotopic (exact) mass is 582 g/mol. The lowest BCUT2D eigenvalue weighted by molar-refractivity contribution is -0.973. The van der Waals surface area contributed by atoms with Gasteiger partial charge in [0.05, 0.1) is 6.54 Å². The van der Waals surface area contributed by atoms with E-state index in [2.05, 4.69) is 19.1 Å². The first-order valence-electron chi connectivity index (χ1n) is 16.9. The standard InChI is InChI=1S/C34H63NO6/c1-5-9-10-11-12-13-14-15-16-17-18-19-20-21-22-23-24-28-35(29(25-6-2)32(36)37,30(26-7-3)33(38)39)31(27-8-4)34(40)41/h13-14,29-31H,5-12,15-28H2,1-4H3,(H2-,36,37,38,39,40,41)/p+1/b14-13+. The average molecular weight is 583 g/mol. The number of aliphatic carboxylic acids is 3. The summed E-state index contributed by atoms with van der Waals surface area (Å²) in [5, 5.41) is 30.8. The van der Waals surface area contributed by atoms with Gasteiger partial charge < -0.3 is 15.3 Å². The summed E-state index contributed by atoms with van der Waals surface area (Å²) < 4.78 is -0.372. The van der Waals surface area contributed by atoms with Crippen molar-refractivity contribution in [2.24, 2.45) is 0 Å². The molecule has 0 rings (SSSR count). The minimum Gasteiger partial charge on any atom is -0.477 e. The highest BCUT2D eigenvalue weighted by atomic mass is 16.4. The third-order valence-corrected chi connectivity index (χ3v) is 8.59. The van der Waals surface area contributed by atoms with Gasteiger partial charge in [-0.05, 0) is 57.8 Å². The number of nitrogens with zero attached hydrogens (tertiary/aromatic N) is 1. The SMILES string of the molecule is CCCCCC/C=C/CCCCCCCCCCC[N+](C(CCC)C(=O)O)(C(CCC)C(=O)O)C(CCC)C(=O)O.